The molecule has 1 aliphatic heterocycles. The van der Waals surface area contributed by atoms with Gasteiger partial charge in [0.1, 0.15) is 22.9 Å². The third-order valence-corrected chi connectivity index (χ3v) is 7.67. The Morgan fingerprint density at radius 1 is 0.889 bits per heavy atom. The zero-order chi connectivity index (χ0) is 32.9. The van der Waals surface area contributed by atoms with Gasteiger partial charge < -0.3 is 29.2 Å². The highest BCUT2D eigenvalue weighted by Gasteiger charge is 2.33. The maximum atomic E-state index is 14.3. The van der Waals surface area contributed by atoms with Crippen LogP contribution in [0.25, 0.3) is 22.3 Å². The van der Waals surface area contributed by atoms with Crippen LogP contribution < -0.4 is 0 Å². The summed E-state index contributed by atoms with van der Waals surface area (Å²) in [5.41, 5.74) is 3.06. The molecular formula is C35H44F2N2O6. The van der Waals surface area contributed by atoms with Gasteiger partial charge in [-0.3, -0.25) is 9.59 Å². The van der Waals surface area contributed by atoms with Gasteiger partial charge in [-0.15, -0.1) is 0 Å². The van der Waals surface area contributed by atoms with Gasteiger partial charge in [-0.25, -0.2) is 8.78 Å². The first-order valence-electron chi connectivity index (χ1n) is 15.5. The maximum absolute atomic E-state index is 14.3. The number of hydrogen-bond acceptors (Lipinski definition) is 6. The molecule has 2 heterocycles. The third-order valence-electron chi connectivity index (χ3n) is 7.67. The minimum Gasteiger partial charge on any atom is -0.460 e. The third kappa shape index (κ3) is 8.77. The Bertz CT molecular complexity index is 1460. The number of aliphatic hydroxyl groups is 2. The fourth-order valence-corrected chi connectivity index (χ4v) is 5.80. The molecule has 2 N–H and O–H groups in total. The average molecular weight is 627 g/mol. The van der Waals surface area contributed by atoms with Crippen molar-refractivity contribution >= 4 is 11.9 Å². The molecule has 2 atom stereocenters. The number of halogens is 2. The molecule has 1 aliphatic rings. The highest BCUT2D eigenvalue weighted by molar-refractivity contribution is 6.05. The van der Waals surface area contributed by atoms with Crippen LogP contribution in [0.3, 0.4) is 0 Å². The number of morpholine rings is 1. The minimum absolute atomic E-state index is 0.0438. The van der Waals surface area contributed by atoms with E-state index in [1.165, 1.54) is 24.3 Å². The Morgan fingerprint density at radius 3 is 1.93 bits per heavy atom. The molecule has 244 valence electrons. The van der Waals surface area contributed by atoms with Gasteiger partial charge in [-0.1, -0.05) is 24.3 Å². The zero-order valence-corrected chi connectivity index (χ0v) is 26.7. The second-order valence-electron chi connectivity index (χ2n) is 12.8. The molecule has 0 aliphatic carbocycles. The Kier molecular flexibility index (Phi) is 11.2. The lowest BCUT2D eigenvalue weighted by molar-refractivity contribution is -0.157. The molecule has 10 heteroatoms. The summed E-state index contributed by atoms with van der Waals surface area (Å²) in [6.45, 7) is 10.8. The summed E-state index contributed by atoms with van der Waals surface area (Å²) >= 11 is 0. The van der Waals surface area contributed by atoms with Crippen molar-refractivity contribution in [3.8, 4) is 22.3 Å². The number of hydrogen-bond donors (Lipinski definition) is 2. The van der Waals surface area contributed by atoms with Crippen molar-refractivity contribution < 1.29 is 38.1 Å². The largest absolute Gasteiger partial charge is 0.460 e. The van der Waals surface area contributed by atoms with Crippen LogP contribution >= 0.6 is 0 Å². The van der Waals surface area contributed by atoms with Crippen LogP contribution in [0.1, 0.15) is 76.1 Å². The number of rotatable bonds is 11. The number of nitrogens with zero attached hydrogens (tertiary/aromatic N) is 2. The van der Waals surface area contributed by atoms with E-state index in [2.05, 4.69) is 0 Å². The number of aromatic nitrogens is 1. The normalized spacial score (nSPS) is 15.3. The van der Waals surface area contributed by atoms with Crippen LogP contribution in [0, 0.1) is 11.6 Å². The Balaban J connectivity index is 1.79. The van der Waals surface area contributed by atoms with Crippen LogP contribution in [-0.4, -0.2) is 75.7 Å². The molecule has 8 nitrogen and oxygen atoms in total. The molecule has 0 unspecified atom stereocenters. The number of amides is 1. The van der Waals surface area contributed by atoms with E-state index in [-0.39, 0.29) is 31.2 Å². The fraction of sp³-hybridized carbons (Fsp3) is 0.486. The molecule has 1 amide bonds. The quantitative estimate of drug-likeness (QED) is 0.256. The van der Waals surface area contributed by atoms with Gasteiger partial charge >= 0.3 is 5.97 Å². The van der Waals surface area contributed by atoms with E-state index in [4.69, 9.17) is 9.47 Å². The molecule has 2 aromatic carbocycles. The number of carbonyl (C=O) groups excluding carboxylic acids is 2. The van der Waals surface area contributed by atoms with Crippen molar-refractivity contribution in [2.75, 3.05) is 26.3 Å². The molecule has 0 saturated carbocycles. The van der Waals surface area contributed by atoms with Crippen LogP contribution in [-0.2, 0) is 20.7 Å². The first kappa shape index (κ1) is 34.3. The zero-order valence-electron chi connectivity index (χ0n) is 26.7. The van der Waals surface area contributed by atoms with Crippen molar-refractivity contribution in [3.63, 3.8) is 0 Å². The smallest absolute Gasteiger partial charge is 0.308 e. The summed E-state index contributed by atoms with van der Waals surface area (Å²) in [7, 11) is 0. The standard InChI is InChI=1S/C35H44F2N2O6/c1-22(2)39-29(15-14-27(40)20-28(41)21-30(42)45-35(3,4)5)31(23-6-10-25(36)11-7-23)32(24-8-12-26(37)13-9-24)33(39)34(43)38-16-18-44-19-17-38/h6-13,22,27-28,40-41H,14-21H2,1-5H3/t27-,28-/m1/s1. The van der Waals surface area contributed by atoms with E-state index in [9.17, 15) is 28.6 Å². The van der Waals surface area contributed by atoms with Crippen LogP contribution in [0.2, 0.25) is 0 Å². The fourth-order valence-electron chi connectivity index (χ4n) is 5.80. The molecule has 1 aromatic heterocycles. The van der Waals surface area contributed by atoms with E-state index in [1.807, 2.05) is 18.4 Å². The molecule has 45 heavy (non-hydrogen) atoms. The van der Waals surface area contributed by atoms with E-state index >= 15 is 0 Å². The summed E-state index contributed by atoms with van der Waals surface area (Å²) in [4.78, 5) is 28.3. The topological polar surface area (TPSA) is 101 Å². The van der Waals surface area contributed by atoms with Gasteiger partial charge in [0.15, 0.2) is 0 Å². The van der Waals surface area contributed by atoms with Gasteiger partial charge in [0, 0.05) is 36.0 Å². The average Bonchev–Trinajstić information content (AvgIpc) is 3.31. The van der Waals surface area contributed by atoms with Gasteiger partial charge in [0.25, 0.3) is 5.91 Å². The summed E-state index contributed by atoms with van der Waals surface area (Å²) in [5, 5.41) is 21.5. The van der Waals surface area contributed by atoms with Crippen LogP contribution in [0.15, 0.2) is 48.5 Å². The number of carbonyl (C=O) groups is 2. The number of benzene rings is 2. The van der Waals surface area contributed by atoms with Crippen molar-refractivity contribution in [1.82, 2.24) is 9.47 Å². The van der Waals surface area contributed by atoms with E-state index in [0.29, 0.717) is 60.7 Å². The number of ether oxygens (including phenoxy) is 2. The summed E-state index contributed by atoms with van der Waals surface area (Å²) in [5.74, 6) is -1.58. The predicted octanol–water partition coefficient (Wildman–Crippen LogP) is 5.93. The SMILES string of the molecule is CC(C)n1c(CC[C@@H](O)C[C@@H](O)CC(=O)OC(C)(C)C)c(-c2ccc(F)cc2)c(-c2ccc(F)cc2)c1C(=O)N1CCOCC1. The molecule has 1 fully saturated rings. The maximum Gasteiger partial charge on any atom is 0.308 e. The highest BCUT2D eigenvalue weighted by Crippen LogP contribution is 2.43. The van der Waals surface area contributed by atoms with Gasteiger partial charge in [0.05, 0.1) is 31.8 Å². The monoisotopic (exact) mass is 626 g/mol. The lowest BCUT2D eigenvalue weighted by atomic mass is 9.92. The van der Waals surface area contributed by atoms with Gasteiger partial charge in [-0.2, -0.15) is 0 Å². The van der Waals surface area contributed by atoms with Gasteiger partial charge in [-0.05, 0) is 89.3 Å². The highest BCUT2D eigenvalue weighted by atomic mass is 19.1. The second-order valence-corrected chi connectivity index (χ2v) is 12.8. The van der Waals surface area contributed by atoms with Crippen molar-refractivity contribution in [3.05, 3.63) is 71.6 Å². The second kappa shape index (κ2) is 14.7. The van der Waals surface area contributed by atoms with Crippen molar-refractivity contribution in [2.45, 2.75) is 84.2 Å². The summed E-state index contributed by atoms with van der Waals surface area (Å²) in [6, 6.07) is 11.8. The Labute approximate surface area is 263 Å². The number of esters is 1. The van der Waals surface area contributed by atoms with E-state index < -0.39 is 35.4 Å². The summed E-state index contributed by atoms with van der Waals surface area (Å²) in [6.07, 6.45) is -1.84. The Morgan fingerprint density at radius 2 is 1.42 bits per heavy atom. The molecule has 0 spiro atoms. The van der Waals surface area contributed by atoms with Gasteiger partial charge in [0.2, 0.25) is 0 Å². The Hall–Kier alpha value is -3.60. The molecule has 0 radical (unpaired) electrons. The molecule has 1 saturated heterocycles. The van der Waals surface area contributed by atoms with Crippen LogP contribution in [0.5, 0.6) is 0 Å². The number of aliphatic hydroxyl groups excluding tert-OH is 2. The van der Waals surface area contributed by atoms with Crippen molar-refractivity contribution in [2.24, 2.45) is 0 Å². The van der Waals surface area contributed by atoms with Crippen LogP contribution in [0.4, 0.5) is 8.78 Å². The summed E-state index contributed by atoms with van der Waals surface area (Å²) < 4.78 is 40.9. The van der Waals surface area contributed by atoms with E-state index in [0.717, 1.165) is 5.69 Å². The molecule has 3 aromatic rings. The van der Waals surface area contributed by atoms with Crippen molar-refractivity contribution in [1.29, 1.82) is 0 Å². The van der Waals surface area contributed by atoms with E-state index in [1.54, 1.807) is 49.9 Å². The minimum atomic E-state index is -1.10. The molecule has 0 bridgehead atoms. The predicted molar refractivity (Wildman–Crippen MR) is 168 cm³/mol. The lowest BCUT2D eigenvalue weighted by Gasteiger charge is -2.28. The molecule has 4 rings (SSSR count). The molecular weight excluding hydrogens is 582 g/mol. The first-order chi connectivity index (χ1) is 21.2. The first-order valence-corrected chi connectivity index (χ1v) is 15.5. The lowest BCUT2D eigenvalue weighted by Crippen LogP contribution is -2.41.